The Balaban J connectivity index is 3.38. The Labute approximate surface area is 94.3 Å². The fraction of sp³-hybridized carbons (Fsp3) is 0.125. The molecule has 0 aliphatic heterocycles. The normalized spacial score (nSPS) is 9.77. The van der Waals surface area contributed by atoms with Crippen LogP contribution in [0.15, 0.2) is 12.1 Å². The van der Waals surface area contributed by atoms with Crippen molar-refractivity contribution in [2.24, 2.45) is 5.73 Å². The third-order valence-corrected chi connectivity index (χ3v) is 2.50. The molecule has 0 bridgehead atoms. The lowest BCUT2D eigenvalue weighted by molar-refractivity contribution is 0.0997. The number of carbonyl (C=O) groups excluding carboxylic acids is 1. The van der Waals surface area contributed by atoms with Gasteiger partial charge in [-0.1, -0.05) is 11.6 Å². The van der Waals surface area contributed by atoms with Crippen molar-refractivity contribution in [3.8, 4) is 5.75 Å². The van der Waals surface area contributed by atoms with Gasteiger partial charge in [-0.3, -0.25) is 4.79 Å². The standard InChI is InChI=1S/C8H7ClINO2/c1-13-7-5(8(11)12)2-4(9)3-6(7)10/h2-3H,1H3,(H2,11,12). The molecule has 1 amide bonds. The molecular weight excluding hydrogens is 304 g/mol. The van der Waals surface area contributed by atoms with Crippen molar-refractivity contribution in [2.75, 3.05) is 7.11 Å². The molecule has 1 rings (SSSR count). The first-order valence-corrected chi connectivity index (χ1v) is 4.84. The molecule has 3 nitrogen and oxygen atoms in total. The number of methoxy groups -OCH3 is 1. The first-order valence-electron chi connectivity index (χ1n) is 3.39. The molecule has 13 heavy (non-hydrogen) atoms. The van der Waals surface area contributed by atoms with Crippen molar-refractivity contribution < 1.29 is 9.53 Å². The number of halogens is 2. The summed E-state index contributed by atoms with van der Waals surface area (Å²) in [5.74, 6) is -0.0743. The summed E-state index contributed by atoms with van der Waals surface area (Å²) in [6.07, 6.45) is 0. The van der Waals surface area contributed by atoms with Gasteiger partial charge in [0.15, 0.2) is 0 Å². The van der Waals surface area contributed by atoms with E-state index in [4.69, 9.17) is 22.1 Å². The number of ether oxygens (including phenoxy) is 1. The van der Waals surface area contributed by atoms with E-state index in [2.05, 4.69) is 0 Å². The van der Waals surface area contributed by atoms with Crippen LogP contribution in [0, 0.1) is 3.57 Å². The molecule has 1 aromatic rings. The molecule has 0 spiro atoms. The van der Waals surface area contributed by atoms with Crippen LogP contribution < -0.4 is 10.5 Å². The van der Waals surface area contributed by atoms with Crippen LogP contribution in [0.1, 0.15) is 10.4 Å². The summed E-state index contributed by atoms with van der Waals surface area (Å²) in [7, 11) is 1.48. The Hall–Kier alpha value is -0.490. The van der Waals surface area contributed by atoms with Gasteiger partial charge in [-0.15, -0.1) is 0 Å². The maximum atomic E-state index is 11.0. The Bertz CT molecular complexity index is 354. The molecule has 0 saturated carbocycles. The monoisotopic (exact) mass is 311 g/mol. The lowest BCUT2D eigenvalue weighted by Crippen LogP contribution is -2.13. The molecular formula is C8H7ClINO2. The van der Waals surface area contributed by atoms with Crippen LogP contribution >= 0.6 is 34.2 Å². The molecule has 2 N–H and O–H groups in total. The summed E-state index contributed by atoms with van der Waals surface area (Å²) in [6, 6.07) is 3.19. The van der Waals surface area contributed by atoms with Gasteiger partial charge in [0.1, 0.15) is 5.75 Å². The maximum absolute atomic E-state index is 11.0. The Kier molecular flexibility index (Phi) is 3.38. The van der Waals surface area contributed by atoms with E-state index in [0.717, 1.165) is 3.57 Å². The highest BCUT2D eigenvalue weighted by molar-refractivity contribution is 14.1. The van der Waals surface area contributed by atoms with Crippen LogP contribution in [0.5, 0.6) is 5.75 Å². The van der Waals surface area contributed by atoms with Gasteiger partial charge in [0.05, 0.1) is 16.2 Å². The first-order chi connectivity index (χ1) is 6.06. The highest BCUT2D eigenvalue weighted by Gasteiger charge is 2.13. The van der Waals surface area contributed by atoms with Gasteiger partial charge in [0, 0.05) is 5.02 Å². The minimum Gasteiger partial charge on any atom is -0.495 e. The number of nitrogens with two attached hydrogens (primary N) is 1. The Morgan fingerprint density at radius 2 is 2.23 bits per heavy atom. The molecule has 0 saturated heterocycles. The van der Waals surface area contributed by atoms with Crippen molar-refractivity contribution in [1.82, 2.24) is 0 Å². The molecule has 5 heteroatoms. The Morgan fingerprint density at radius 1 is 1.62 bits per heavy atom. The number of hydrogen-bond donors (Lipinski definition) is 1. The number of rotatable bonds is 2. The Morgan fingerprint density at radius 3 is 2.69 bits per heavy atom. The highest BCUT2D eigenvalue weighted by atomic mass is 127. The van der Waals surface area contributed by atoms with Crippen molar-refractivity contribution in [1.29, 1.82) is 0 Å². The summed E-state index contributed by atoms with van der Waals surface area (Å²) in [5.41, 5.74) is 5.45. The second kappa shape index (κ2) is 4.15. The minimum absolute atomic E-state index is 0.305. The smallest absolute Gasteiger partial charge is 0.252 e. The maximum Gasteiger partial charge on any atom is 0.252 e. The average molecular weight is 312 g/mol. The van der Waals surface area contributed by atoms with Crippen LogP contribution in [0.3, 0.4) is 0 Å². The second-order valence-electron chi connectivity index (χ2n) is 2.33. The van der Waals surface area contributed by atoms with E-state index in [-0.39, 0.29) is 0 Å². The predicted molar refractivity (Wildman–Crippen MR) is 59.2 cm³/mol. The van der Waals surface area contributed by atoms with Gasteiger partial charge >= 0.3 is 0 Å². The topological polar surface area (TPSA) is 52.3 Å². The lowest BCUT2D eigenvalue weighted by atomic mass is 10.2. The van der Waals surface area contributed by atoms with Crippen LogP contribution in [-0.4, -0.2) is 13.0 Å². The molecule has 70 valence electrons. The van der Waals surface area contributed by atoms with Gasteiger partial charge in [0.25, 0.3) is 5.91 Å². The van der Waals surface area contributed by atoms with E-state index in [0.29, 0.717) is 16.3 Å². The average Bonchev–Trinajstić information content (AvgIpc) is 2.02. The fourth-order valence-electron chi connectivity index (χ4n) is 0.951. The summed E-state index contributed by atoms with van der Waals surface area (Å²) in [4.78, 5) is 11.0. The zero-order valence-corrected chi connectivity index (χ0v) is 9.72. The summed E-state index contributed by atoms with van der Waals surface area (Å²) < 4.78 is 5.79. The number of amides is 1. The van der Waals surface area contributed by atoms with Crippen LogP contribution in [-0.2, 0) is 0 Å². The van der Waals surface area contributed by atoms with E-state index in [9.17, 15) is 4.79 Å². The van der Waals surface area contributed by atoms with Gasteiger partial charge in [-0.2, -0.15) is 0 Å². The molecule has 0 radical (unpaired) electrons. The van der Waals surface area contributed by atoms with Crippen LogP contribution in [0.2, 0.25) is 5.02 Å². The fourth-order valence-corrected chi connectivity index (χ4v) is 2.20. The number of hydrogen-bond acceptors (Lipinski definition) is 2. The zero-order valence-electron chi connectivity index (χ0n) is 6.80. The first kappa shape index (κ1) is 10.6. The second-order valence-corrected chi connectivity index (χ2v) is 3.93. The van der Waals surface area contributed by atoms with Crippen molar-refractivity contribution in [3.05, 3.63) is 26.3 Å². The van der Waals surface area contributed by atoms with E-state index in [1.54, 1.807) is 6.07 Å². The SMILES string of the molecule is COc1c(I)cc(Cl)cc1C(N)=O. The van der Waals surface area contributed by atoms with E-state index in [1.807, 2.05) is 22.6 Å². The molecule has 1 aromatic carbocycles. The van der Waals surface area contributed by atoms with E-state index >= 15 is 0 Å². The zero-order chi connectivity index (χ0) is 10.0. The number of carbonyl (C=O) groups is 1. The van der Waals surface area contributed by atoms with E-state index < -0.39 is 5.91 Å². The summed E-state index contributed by atoms with van der Waals surface area (Å²) in [6.45, 7) is 0. The minimum atomic E-state index is -0.544. The molecule has 0 aliphatic carbocycles. The van der Waals surface area contributed by atoms with Gasteiger partial charge in [-0.25, -0.2) is 0 Å². The predicted octanol–water partition coefficient (Wildman–Crippen LogP) is 2.05. The molecule has 0 heterocycles. The lowest BCUT2D eigenvalue weighted by Gasteiger charge is -2.07. The molecule has 0 fully saturated rings. The van der Waals surface area contributed by atoms with Crippen LogP contribution in [0.25, 0.3) is 0 Å². The number of benzene rings is 1. The van der Waals surface area contributed by atoms with Crippen LogP contribution in [0.4, 0.5) is 0 Å². The molecule has 0 unspecified atom stereocenters. The third-order valence-electron chi connectivity index (χ3n) is 1.48. The quantitative estimate of drug-likeness (QED) is 0.850. The van der Waals surface area contributed by atoms with Gasteiger partial charge in [-0.05, 0) is 34.7 Å². The molecule has 0 aliphatic rings. The molecule has 0 atom stereocenters. The van der Waals surface area contributed by atoms with Crippen molar-refractivity contribution >= 4 is 40.1 Å². The third kappa shape index (κ3) is 2.25. The highest BCUT2D eigenvalue weighted by Crippen LogP contribution is 2.28. The number of primary amides is 1. The van der Waals surface area contributed by atoms with Crippen molar-refractivity contribution in [3.63, 3.8) is 0 Å². The van der Waals surface area contributed by atoms with Gasteiger partial charge < -0.3 is 10.5 Å². The summed E-state index contributed by atoms with van der Waals surface area (Å²) >= 11 is 7.78. The van der Waals surface area contributed by atoms with E-state index in [1.165, 1.54) is 13.2 Å². The molecule has 0 aromatic heterocycles. The largest absolute Gasteiger partial charge is 0.495 e. The van der Waals surface area contributed by atoms with Crippen molar-refractivity contribution in [2.45, 2.75) is 0 Å². The van der Waals surface area contributed by atoms with Gasteiger partial charge in [0.2, 0.25) is 0 Å². The summed E-state index contributed by atoms with van der Waals surface area (Å²) in [5, 5.41) is 0.471.